The molecule has 1 aromatic rings. The summed E-state index contributed by atoms with van der Waals surface area (Å²) in [6.07, 6.45) is 5.98. The van der Waals surface area contributed by atoms with Gasteiger partial charge in [0.05, 0.1) is 0 Å². The van der Waals surface area contributed by atoms with E-state index in [2.05, 4.69) is 49.0 Å². The second kappa shape index (κ2) is 5.83. The molecule has 0 unspecified atom stereocenters. The number of anilines is 1. The van der Waals surface area contributed by atoms with Crippen LogP contribution in [0.1, 0.15) is 52.7 Å². The maximum Gasteiger partial charge on any atom is 0.130 e. The number of hydrogen-bond acceptors (Lipinski definition) is 3. The maximum atomic E-state index is 4.28. The van der Waals surface area contributed by atoms with Crippen molar-refractivity contribution in [1.82, 2.24) is 9.97 Å². The van der Waals surface area contributed by atoms with Crippen LogP contribution in [0.5, 0.6) is 0 Å². The molecule has 0 spiro atoms. The quantitative estimate of drug-likeness (QED) is 0.799. The van der Waals surface area contributed by atoms with Gasteiger partial charge >= 0.3 is 0 Å². The number of aryl methyl sites for hydroxylation is 1. The van der Waals surface area contributed by atoms with Crippen molar-refractivity contribution in [1.29, 1.82) is 0 Å². The number of rotatable bonds is 6. The van der Waals surface area contributed by atoms with E-state index in [0.717, 1.165) is 37.2 Å². The Hall–Kier alpha value is -1.12. The van der Waals surface area contributed by atoms with Gasteiger partial charge in [-0.05, 0) is 26.2 Å². The van der Waals surface area contributed by atoms with Gasteiger partial charge in [-0.25, -0.2) is 9.97 Å². The maximum absolute atomic E-state index is 4.28. The Morgan fingerprint density at radius 3 is 2.44 bits per heavy atom. The van der Waals surface area contributed by atoms with Gasteiger partial charge in [-0.3, -0.25) is 0 Å². The van der Waals surface area contributed by atoms with E-state index < -0.39 is 0 Å². The fraction of sp³-hybridized carbons (Fsp3) is 0.692. The minimum atomic E-state index is 0.137. The Kier molecular flexibility index (Phi) is 4.71. The number of hydrogen-bond donors (Lipinski definition) is 1. The number of nitrogens with one attached hydrogen (secondary N) is 1. The Labute approximate surface area is 98.7 Å². The van der Waals surface area contributed by atoms with E-state index in [4.69, 9.17) is 0 Å². The van der Waals surface area contributed by atoms with E-state index in [1.54, 1.807) is 6.33 Å². The first-order valence-electron chi connectivity index (χ1n) is 6.22. The van der Waals surface area contributed by atoms with E-state index in [-0.39, 0.29) is 5.54 Å². The van der Waals surface area contributed by atoms with Crippen LogP contribution in [0.2, 0.25) is 0 Å². The summed E-state index contributed by atoms with van der Waals surface area (Å²) < 4.78 is 0. The summed E-state index contributed by atoms with van der Waals surface area (Å²) in [7, 11) is 0. The van der Waals surface area contributed by atoms with Crippen LogP contribution in [-0.4, -0.2) is 15.5 Å². The van der Waals surface area contributed by atoms with Crippen molar-refractivity contribution in [3.8, 4) is 0 Å². The molecule has 0 radical (unpaired) electrons. The van der Waals surface area contributed by atoms with Crippen molar-refractivity contribution < 1.29 is 0 Å². The molecule has 0 aromatic carbocycles. The molecular formula is C13H23N3. The molecule has 3 nitrogen and oxygen atoms in total. The van der Waals surface area contributed by atoms with Gasteiger partial charge in [0.1, 0.15) is 12.1 Å². The van der Waals surface area contributed by atoms with E-state index in [1.165, 1.54) is 0 Å². The normalized spacial score (nSPS) is 11.5. The molecule has 0 fully saturated rings. The van der Waals surface area contributed by atoms with Crippen LogP contribution in [0.4, 0.5) is 5.82 Å². The van der Waals surface area contributed by atoms with Crippen LogP contribution >= 0.6 is 0 Å². The highest BCUT2D eigenvalue weighted by Gasteiger charge is 2.19. The molecule has 1 rings (SSSR count). The molecule has 3 heteroatoms. The lowest BCUT2D eigenvalue weighted by Gasteiger charge is -2.28. The average molecular weight is 221 g/mol. The summed E-state index contributed by atoms with van der Waals surface area (Å²) in [4.78, 5) is 8.54. The number of nitrogens with zero attached hydrogens (tertiary/aromatic N) is 2. The highest BCUT2D eigenvalue weighted by molar-refractivity contribution is 5.37. The van der Waals surface area contributed by atoms with Crippen molar-refractivity contribution >= 4 is 5.82 Å². The molecule has 0 aliphatic heterocycles. The Morgan fingerprint density at radius 1 is 1.19 bits per heavy atom. The molecule has 0 saturated carbocycles. The van der Waals surface area contributed by atoms with Gasteiger partial charge in [0.25, 0.3) is 0 Å². The molecule has 0 aliphatic carbocycles. The molecule has 0 atom stereocenters. The molecule has 1 N–H and O–H groups in total. The zero-order valence-corrected chi connectivity index (χ0v) is 10.9. The summed E-state index contributed by atoms with van der Waals surface area (Å²) in [5, 5.41) is 3.50. The van der Waals surface area contributed by atoms with Crippen LogP contribution in [0, 0.1) is 0 Å². The Morgan fingerprint density at radius 2 is 1.88 bits per heavy atom. The molecule has 0 aliphatic rings. The van der Waals surface area contributed by atoms with Crippen molar-refractivity contribution in [2.75, 3.05) is 5.32 Å². The van der Waals surface area contributed by atoms with Crippen molar-refractivity contribution in [2.24, 2.45) is 0 Å². The summed E-state index contributed by atoms with van der Waals surface area (Å²) in [6.45, 7) is 8.79. The third-order valence-electron chi connectivity index (χ3n) is 3.22. The summed E-state index contributed by atoms with van der Waals surface area (Å²) in [5.74, 6) is 0.949. The second-order valence-electron chi connectivity index (χ2n) is 4.54. The van der Waals surface area contributed by atoms with E-state index >= 15 is 0 Å². The third-order valence-corrected chi connectivity index (χ3v) is 3.22. The molecule has 0 amide bonds. The van der Waals surface area contributed by atoms with Gasteiger partial charge in [0.2, 0.25) is 0 Å². The minimum absolute atomic E-state index is 0.137. The summed E-state index contributed by atoms with van der Waals surface area (Å²) in [6, 6.07) is 2.06. The van der Waals surface area contributed by atoms with E-state index in [1.807, 2.05) is 0 Å². The van der Waals surface area contributed by atoms with Gasteiger partial charge < -0.3 is 5.32 Å². The highest BCUT2D eigenvalue weighted by atomic mass is 15.1. The molecule has 16 heavy (non-hydrogen) atoms. The minimum Gasteiger partial charge on any atom is -0.365 e. The summed E-state index contributed by atoms with van der Waals surface area (Å²) >= 11 is 0. The van der Waals surface area contributed by atoms with E-state index in [9.17, 15) is 0 Å². The predicted octanol–water partition coefficient (Wildman–Crippen LogP) is 3.42. The van der Waals surface area contributed by atoms with Crippen molar-refractivity contribution in [3.05, 3.63) is 18.1 Å². The zero-order valence-electron chi connectivity index (χ0n) is 10.9. The fourth-order valence-corrected chi connectivity index (χ4v) is 1.59. The van der Waals surface area contributed by atoms with Crippen LogP contribution in [0.25, 0.3) is 0 Å². The second-order valence-corrected chi connectivity index (χ2v) is 4.54. The van der Waals surface area contributed by atoms with Crippen molar-refractivity contribution in [3.63, 3.8) is 0 Å². The first kappa shape index (κ1) is 12.9. The fourth-order valence-electron chi connectivity index (χ4n) is 1.59. The molecular weight excluding hydrogens is 198 g/mol. The monoisotopic (exact) mass is 221 g/mol. The molecule has 1 heterocycles. The van der Waals surface area contributed by atoms with Gasteiger partial charge in [-0.1, -0.05) is 27.2 Å². The van der Waals surface area contributed by atoms with Crippen molar-refractivity contribution in [2.45, 2.75) is 58.9 Å². The zero-order chi connectivity index (χ0) is 12.0. The standard InChI is InChI=1S/C13H23N3/c1-5-8-11-9-12(15-10-14-11)16-13(4,6-2)7-3/h9-10H,5-8H2,1-4H3,(H,14,15,16). The lowest BCUT2D eigenvalue weighted by molar-refractivity contribution is 0.476. The first-order chi connectivity index (χ1) is 7.63. The highest BCUT2D eigenvalue weighted by Crippen LogP contribution is 2.20. The molecule has 90 valence electrons. The largest absolute Gasteiger partial charge is 0.365 e. The topological polar surface area (TPSA) is 37.8 Å². The molecule has 0 bridgehead atoms. The van der Waals surface area contributed by atoms with Gasteiger partial charge in [0, 0.05) is 17.3 Å². The van der Waals surface area contributed by atoms with Crippen LogP contribution < -0.4 is 5.32 Å². The van der Waals surface area contributed by atoms with E-state index in [0.29, 0.717) is 0 Å². The number of aromatic nitrogens is 2. The Balaban J connectivity index is 2.76. The van der Waals surface area contributed by atoms with Crippen LogP contribution in [0.15, 0.2) is 12.4 Å². The third kappa shape index (κ3) is 3.47. The Bertz CT molecular complexity index is 319. The smallest absolute Gasteiger partial charge is 0.130 e. The molecule has 0 saturated heterocycles. The average Bonchev–Trinajstić information content (AvgIpc) is 2.30. The van der Waals surface area contributed by atoms with Gasteiger partial charge in [-0.2, -0.15) is 0 Å². The van der Waals surface area contributed by atoms with Crippen LogP contribution in [0.3, 0.4) is 0 Å². The molecule has 1 aromatic heterocycles. The summed E-state index contributed by atoms with van der Waals surface area (Å²) in [5.41, 5.74) is 1.26. The lowest BCUT2D eigenvalue weighted by Crippen LogP contribution is -2.33. The van der Waals surface area contributed by atoms with Gasteiger partial charge in [-0.15, -0.1) is 0 Å². The lowest BCUT2D eigenvalue weighted by atomic mass is 9.95. The first-order valence-corrected chi connectivity index (χ1v) is 6.22. The van der Waals surface area contributed by atoms with Gasteiger partial charge in [0.15, 0.2) is 0 Å². The van der Waals surface area contributed by atoms with Crippen LogP contribution in [-0.2, 0) is 6.42 Å². The SMILES string of the molecule is CCCc1cc(NC(C)(CC)CC)ncn1. The predicted molar refractivity (Wildman–Crippen MR) is 68.6 cm³/mol.